The van der Waals surface area contributed by atoms with Gasteiger partial charge in [-0.05, 0) is 88.1 Å². The summed E-state index contributed by atoms with van der Waals surface area (Å²) < 4.78 is 23.6. The van der Waals surface area contributed by atoms with Crippen LogP contribution >= 0.6 is 0 Å². The van der Waals surface area contributed by atoms with Crippen LogP contribution in [0.1, 0.15) is 71.1 Å². The number of carbonyl (C=O) groups is 2. The zero-order valence-corrected chi connectivity index (χ0v) is 26.4. The van der Waals surface area contributed by atoms with Gasteiger partial charge in [0.2, 0.25) is 11.8 Å². The lowest BCUT2D eigenvalue weighted by molar-refractivity contribution is -0.131. The van der Waals surface area contributed by atoms with Crippen molar-refractivity contribution in [1.82, 2.24) is 10.6 Å². The normalized spacial score (nSPS) is 20.4. The summed E-state index contributed by atoms with van der Waals surface area (Å²) >= 11 is 0. The molecule has 0 saturated carbocycles. The first-order valence-corrected chi connectivity index (χ1v) is 15.1. The predicted octanol–water partition coefficient (Wildman–Crippen LogP) is 4.70. The second-order valence-electron chi connectivity index (χ2n) is 13.0. The first-order chi connectivity index (χ1) is 19.8. The van der Waals surface area contributed by atoms with E-state index in [2.05, 4.69) is 24.5 Å². The second-order valence-corrected chi connectivity index (χ2v) is 13.0. The van der Waals surface area contributed by atoms with Crippen LogP contribution in [0.25, 0.3) is 0 Å². The van der Waals surface area contributed by atoms with Crippen molar-refractivity contribution in [2.24, 2.45) is 11.8 Å². The minimum atomic E-state index is -0.746. The van der Waals surface area contributed by atoms with Crippen molar-refractivity contribution in [3.8, 4) is 11.5 Å². The average molecular weight is 579 g/mol. The molecule has 1 aliphatic heterocycles. The molecule has 0 aromatic heterocycles. The molecule has 3 unspecified atom stereocenters. The lowest BCUT2D eigenvalue weighted by atomic mass is 9.73. The van der Waals surface area contributed by atoms with Crippen molar-refractivity contribution >= 4 is 18.9 Å². The number of amides is 2. The molecule has 42 heavy (non-hydrogen) atoms. The van der Waals surface area contributed by atoms with Crippen LogP contribution in [0.5, 0.6) is 11.5 Å². The molecule has 2 aromatic rings. The van der Waals surface area contributed by atoms with Gasteiger partial charge in [0.05, 0.1) is 31.4 Å². The number of fused-ring (bicyclic) bond motifs is 1. The van der Waals surface area contributed by atoms with E-state index >= 15 is 0 Å². The summed E-state index contributed by atoms with van der Waals surface area (Å²) in [4.78, 5) is 27.6. The Balaban J connectivity index is 1.52. The first-order valence-electron chi connectivity index (χ1n) is 15.1. The van der Waals surface area contributed by atoms with Gasteiger partial charge in [0, 0.05) is 12.3 Å². The molecule has 9 heteroatoms. The van der Waals surface area contributed by atoms with Crippen molar-refractivity contribution in [3.05, 3.63) is 59.2 Å². The van der Waals surface area contributed by atoms with Gasteiger partial charge in [0.1, 0.15) is 6.04 Å². The topological polar surface area (TPSA) is 95.1 Å². The fraction of sp³-hybridized carbons (Fsp3) is 0.576. The van der Waals surface area contributed by atoms with Crippen LogP contribution in [-0.2, 0) is 38.2 Å². The lowest BCUT2D eigenvalue weighted by Gasteiger charge is -2.32. The van der Waals surface area contributed by atoms with E-state index in [4.69, 9.17) is 18.8 Å². The fourth-order valence-electron chi connectivity index (χ4n) is 5.74. The quantitative estimate of drug-likeness (QED) is 0.376. The maximum Gasteiger partial charge on any atom is 0.481 e. The zero-order valence-electron chi connectivity index (χ0n) is 26.4. The van der Waals surface area contributed by atoms with E-state index in [1.807, 2.05) is 70.2 Å². The second kappa shape index (κ2) is 13.1. The Kier molecular flexibility index (Phi) is 9.94. The van der Waals surface area contributed by atoms with E-state index in [0.717, 1.165) is 23.1 Å². The molecule has 8 nitrogen and oxygen atoms in total. The molecule has 1 saturated heterocycles. The van der Waals surface area contributed by atoms with Gasteiger partial charge in [0.15, 0.2) is 11.5 Å². The molecule has 2 aromatic carbocycles. The van der Waals surface area contributed by atoms with Gasteiger partial charge in [0.25, 0.3) is 0 Å². The Morgan fingerprint density at radius 2 is 1.55 bits per heavy atom. The van der Waals surface area contributed by atoms with Crippen LogP contribution in [0.3, 0.4) is 0 Å². The van der Waals surface area contributed by atoms with Crippen molar-refractivity contribution in [2.45, 2.75) is 96.8 Å². The third kappa shape index (κ3) is 7.29. The van der Waals surface area contributed by atoms with Crippen molar-refractivity contribution in [1.29, 1.82) is 0 Å². The number of benzene rings is 2. The third-order valence-electron chi connectivity index (χ3n) is 8.87. The van der Waals surface area contributed by atoms with Crippen LogP contribution in [-0.4, -0.2) is 56.3 Å². The standard InChI is InChI=1S/C33H47BN2O6/c1-21(2)16-29(34-41-32(3,4)33(5,6)42-34)36-31(38)26(17-22-12-10-9-11-13-22)35-30(37)24-15-14-23-19-27(39-7)28(40-8)20-25(23)18-24/h9-13,19-21,24,26,29H,14-18H2,1-8H3,(H,35,37)(H,36,38). The molecule has 1 fully saturated rings. The van der Waals surface area contributed by atoms with Crippen LogP contribution in [0.15, 0.2) is 42.5 Å². The van der Waals surface area contributed by atoms with Crippen molar-refractivity contribution in [2.75, 3.05) is 14.2 Å². The molecule has 1 heterocycles. The van der Waals surface area contributed by atoms with Crippen LogP contribution in [0.4, 0.5) is 0 Å². The van der Waals surface area contributed by atoms with E-state index in [1.54, 1.807) is 14.2 Å². The summed E-state index contributed by atoms with van der Waals surface area (Å²) in [6, 6.07) is 13.0. The van der Waals surface area contributed by atoms with Crippen molar-refractivity contribution in [3.63, 3.8) is 0 Å². The van der Waals surface area contributed by atoms with Crippen molar-refractivity contribution < 1.29 is 28.4 Å². The van der Waals surface area contributed by atoms with E-state index < -0.39 is 24.4 Å². The van der Waals surface area contributed by atoms with Crippen LogP contribution in [0, 0.1) is 11.8 Å². The Morgan fingerprint density at radius 1 is 0.952 bits per heavy atom. The number of hydrogen-bond donors (Lipinski definition) is 2. The number of carbonyl (C=O) groups excluding carboxylic acids is 2. The van der Waals surface area contributed by atoms with E-state index in [0.29, 0.717) is 43.1 Å². The van der Waals surface area contributed by atoms with E-state index in [9.17, 15) is 9.59 Å². The Hall–Kier alpha value is -3.04. The molecule has 1 aliphatic carbocycles. The molecule has 2 amide bonds. The van der Waals surface area contributed by atoms with E-state index in [1.165, 1.54) is 0 Å². The maximum atomic E-state index is 13.9. The molecule has 0 spiro atoms. The molecule has 0 radical (unpaired) electrons. The first kappa shape index (κ1) is 31.9. The summed E-state index contributed by atoms with van der Waals surface area (Å²) in [6.45, 7) is 12.3. The number of aryl methyl sites for hydroxylation is 1. The summed E-state index contributed by atoms with van der Waals surface area (Å²) in [7, 11) is 2.65. The van der Waals surface area contributed by atoms with E-state index in [-0.39, 0.29) is 23.7 Å². The average Bonchev–Trinajstić information content (AvgIpc) is 3.17. The number of methoxy groups -OCH3 is 2. The summed E-state index contributed by atoms with van der Waals surface area (Å²) in [6.07, 6.45) is 3.08. The maximum absolute atomic E-state index is 13.9. The Morgan fingerprint density at radius 3 is 2.12 bits per heavy atom. The zero-order chi connectivity index (χ0) is 30.7. The molecule has 4 rings (SSSR count). The smallest absolute Gasteiger partial charge is 0.481 e. The number of ether oxygens (including phenoxy) is 2. The van der Waals surface area contributed by atoms with Crippen LogP contribution in [0.2, 0.25) is 0 Å². The van der Waals surface area contributed by atoms with Gasteiger partial charge in [-0.25, -0.2) is 0 Å². The SMILES string of the molecule is COc1cc2c(cc1OC)CC(C(=O)NC(Cc1ccccc1)C(=O)NC(CC(C)C)B1OC(C)(C)C(C)(C)O1)CC2. The highest BCUT2D eigenvalue weighted by Gasteiger charge is 2.54. The third-order valence-corrected chi connectivity index (χ3v) is 8.87. The molecular formula is C33H47BN2O6. The molecule has 228 valence electrons. The highest BCUT2D eigenvalue weighted by Crippen LogP contribution is 2.38. The van der Waals surface area contributed by atoms with Gasteiger partial charge < -0.3 is 29.4 Å². The Bertz CT molecular complexity index is 1230. The Labute approximate surface area is 251 Å². The largest absolute Gasteiger partial charge is 0.493 e. The number of nitrogens with one attached hydrogen (secondary N) is 2. The molecule has 3 atom stereocenters. The minimum Gasteiger partial charge on any atom is -0.493 e. The summed E-state index contributed by atoms with van der Waals surface area (Å²) in [5, 5.41) is 6.31. The minimum absolute atomic E-state index is 0.123. The molecular weight excluding hydrogens is 531 g/mol. The molecule has 2 N–H and O–H groups in total. The lowest BCUT2D eigenvalue weighted by Crippen LogP contribution is -2.56. The van der Waals surface area contributed by atoms with Gasteiger partial charge in [-0.2, -0.15) is 0 Å². The number of hydrogen-bond acceptors (Lipinski definition) is 6. The van der Waals surface area contributed by atoms with Gasteiger partial charge >= 0.3 is 7.12 Å². The monoisotopic (exact) mass is 578 g/mol. The highest BCUT2D eigenvalue weighted by molar-refractivity contribution is 6.48. The summed E-state index contributed by atoms with van der Waals surface area (Å²) in [5.41, 5.74) is 2.17. The molecule has 2 aliphatic rings. The van der Waals surface area contributed by atoms with Gasteiger partial charge in [-0.1, -0.05) is 44.2 Å². The highest BCUT2D eigenvalue weighted by atomic mass is 16.7. The fourth-order valence-corrected chi connectivity index (χ4v) is 5.74. The summed E-state index contributed by atoms with van der Waals surface area (Å²) in [5.74, 6) is 0.662. The van der Waals surface area contributed by atoms with Gasteiger partial charge in [-0.3, -0.25) is 9.59 Å². The molecule has 0 bridgehead atoms. The number of rotatable bonds is 11. The van der Waals surface area contributed by atoms with Gasteiger partial charge in [-0.15, -0.1) is 0 Å². The predicted molar refractivity (Wildman–Crippen MR) is 165 cm³/mol. The van der Waals surface area contributed by atoms with Crippen LogP contribution < -0.4 is 20.1 Å².